The molecule has 1 aromatic heterocycles. The molecule has 1 amide bonds. The summed E-state index contributed by atoms with van der Waals surface area (Å²) in [5.74, 6) is -0.273. The summed E-state index contributed by atoms with van der Waals surface area (Å²) < 4.78 is 5.40. The van der Waals surface area contributed by atoms with E-state index in [-0.39, 0.29) is 12.0 Å². The molecule has 0 aromatic carbocycles. The van der Waals surface area contributed by atoms with Crippen LogP contribution in [0.25, 0.3) is 0 Å². The van der Waals surface area contributed by atoms with E-state index in [0.29, 0.717) is 17.7 Å². The lowest BCUT2D eigenvalue weighted by Crippen LogP contribution is -2.32. The largest absolute Gasteiger partial charge is 0.376 e. The maximum atomic E-state index is 11.8. The van der Waals surface area contributed by atoms with E-state index in [2.05, 4.69) is 10.3 Å². The molecule has 1 aliphatic heterocycles. The van der Waals surface area contributed by atoms with Gasteiger partial charge in [0.2, 0.25) is 0 Å². The summed E-state index contributed by atoms with van der Waals surface area (Å²) in [4.78, 5) is 15.7. The van der Waals surface area contributed by atoms with E-state index in [9.17, 15) is 4.79 Å². The number of nitrogens with one attached hydrogen (secondary N) is 1. The van der Waals surface area contributed by atoms with Crippen molar-refractivity contribution in [2.24, 2.45) is 0 Å². The first-order valence-corrected chi connectivity index (χ1v) is 5.55. The molecule has 0 saturated carbocycles. The van der Waals surface area contributed by atoms with Crippen LogP contribution in [-0.2, 0) is 4.74 Å². The first-order valence-electron chi connectivity index (χ1n) is 5.55. The van der Waals surface area contributed by atoms with Crippen molar-refractivity contribution in [3.8, 4) is 6.07 Å². The van der Waals surface area contributed by atoms with Gasteiger partial charge in [0.1, 0.15) is 6.07 Å². The van der Waals surface area contributed by atoms with Crippen molar-refractivity contribution in [1.29, 1.82) is 5.26 Å². The normalized spacial score (nSPS) is 18.6. The van der Waals surface area contributed by atoms with Gasteiger partial charge in [-0.05, 0) is 18.9 Å². The van der Waals surface area contributed by atoms with Crippen molar-refractivity contribution < 1.29 is 9.53 Å². The zero-order valence-electron chi connectivity index (χ0n) is 9.35. The minimum atomic E-state index is -0.273. The van der Waals surface area contributed by atoms with Crippen LogP contribution in [0, 0.1) is 11.3 Å². The third-order valence-electron chi connectivity index (χ3n) is 2.70. The zero-order valence-corrected chi connectivity index (χ0v) is 9.35. The number of pyridine rings is 1. The first kappa shape index (κ1) is 11.6. The lowest BCUT2D eigenvalue weighted by Gasteiger charge is -2.10. The van der Waals surface area contributed by atoms with Gasteiger partial charge in [-0.25, -0.2) is 0 Å². The van der Waals surface area contributed by atoms with E-state index in [4.69, 9.17) is 10.00 Å². The van der Waals surface area contributed by atoms with Crippen LogP contribution in [0.3, 0.4) is 0 Å². The minimum Gasteiger partial charge on any atom is -0.376 e. The molecule has 0 spiro atoms. The van der Waals surface area contributed by atoms with Crippen LogP contribution >= 0.6 is 0 Å². The molecular formula is C12H13N3O2. The fraction of sp³-hybridized carbons (Fsp3) is 0.417. The van der Waals surface area contributed by atoms with Crippen molar-refractivity contribution in [2.75, 3.05) is 13.2 Å². The van der Waals surface area contributed by atoms with E-state index in [1.165, 1.54) is 18.5 Å². The molecule has 0 aliphatic carbocycles. The molecule has 1 saturated heterocycles. The minimum absolute atomic E-state index is 0.0983. The molecule has 1 aliphatic rings. The van der Waals surface area contributed by atoms with Gasteiger partial charge in [0.05, 0.1) is 17.2 Å². The van der Waals surface area contributed by atoms with Crippen LogP contribution in [0.2, 0.25) is 0 Å². The van der Waals surface area contributed by atoms with Crippen LogP contribution in [0.5, 0.6) is 0 Å². The highest BCUT2D eigenvalue weighted by Gasteiger charge is 2.17. The molecule has 0 radical (unpaired) electrons. The molecule has 2 rings (SSSR count). The Labute approximate surface area is 99.4 Å². The average Bonchev–Trinajstić information content (AvgIpc) is 2.89. The molecule has 1 atom stereocenters. The SMILES string of the molecule is N#Cc1ccncc1C(=O)NCC1CCCO1. The third kappa shape index (κ3) is 2.80. The number of ether oxygens (including phenoxy) is 1. The highest BCUT2D eigenvalue weighted by atomic mass is 16.5. The van der Waals surface area contributed by atoms with E-state index >= 15 is 0 Å². The second kappa shape index (κ2) is 5.41. The molecular weight excluding hydrogens is 218 g/mol. The number of amides is 1. The zero-order chi connectivity index (χ0) is 12.1. The highest BCUT2D eigenvalue weighted by molar-refractivity contribution is 5.96. The van der Waals surface area contributed by atoms with E-state index in [1.807, 2.05) is 6.07 Å². The van der Waals surface area contributed by atoms with Crippen molar-refractivity contribution >= 4 is 5.91 Å². The van der Waals surface area contributed by atoms with Crippen molar-refractivity contribution in [3.63, 3.8) is 0 Å². The number of nitriles is 1. The van der Waals surface area contributed by atoms with Crippen LogP contribution in [0.4, 0.5) is 0 Å². The Bertz CT molecular complexity index is 447. The Morgan fingerprint density at radius 3 is 3.29 bits per heavy atom. The number of hydrogen-bond acceptors (Lipinski definition) is 4. The number of hydrogen-bond donors (Lipinski definition) is 1. The summed E-state index contributed by atoms with van der Waals surface area (Å²) in [5, 5.41) is 11.6. The monoisotopic (exact) mass is 231 g/mol. The van der Waals surface area contributed by atoms with E-state index in [1.54, 1.807) is 0 Å². The molecule has 1 fully saturated rings. The van der Waals surface area contributed by atoms with Crippen LogP contribution in [0.1, 0.15) is 28.8 Å². The molecule has 5 nitrogen and oxygen atoms in total. The molecule has 5 heteroatoms. The molecule has 0 bridgehead atoms. The maximum absolute atomic E-state index is 11.8. The Morgan fingerprint density at radius 2 is 2.59 bits per heavy atom. The lowest BCUT2D eigenvalue weighted by molar-refractivity contribution is 0.0857. The molecule has 2 heterocycles. The van der Waals surface area contributed by atoms with Gasteiger partial charge in [0.15, 0.2) is 0 Å². The number of carbonyl (C=O) groups is 1. The van der Waals surface area contributed by atoms with Crippen molar-refractivity contribution in [3.05, 3.63) is 29.6 Å². The van der Waals surface area contributed by atoms with Crippen molar-refractivity contribution in [1.82, 2.24) is 10.3 Å². The topological polar surface area (TPSA) is 75.0 Å². The number of carbonyl (C=O) groups excluding carboxylic acids is 1. The lowest BCUT2D eigenvalue weighted by atomic mass is 10.1. The Kier molecular flexibility index (Phi) is 3.68. The molecule has 1 aromatic rings. The average molecular weight is 231 g/mol. The fourth-order valence-electron chi connectivity index (χ4n) is 1.78. The summed E-state index contributed by atoms with van der Waals surface area (Å²) in [5.41, 5.74) is 0.651. The molecule has 1 unspecified atom stereocenters. The van der Waals surface area contributed by atoms with Crippen LogP contribution in [-0.4, -0.2) is 30.1 Å². The van der Waals surface area contributed by atoms with Gasteiger partial charge in [-0.1, -0.05) is 0 Å². The summed E-state index contributed by atoms with van der Waals surface area (Å²) in [7, 11) is 0. The van der Waals surface area contributed by atoms with Gasteiger partial charge in [-0.15, -0.1) is 0 Å². The summed E-state index contributed by atoms with van der Waals surface area (Å²) in [6.07, 6.45) is 5.01. The summed E-state index contributed by atoms with van der Waals surface area (Å²) in [6.45, 7) is 1.25. The predicted octanol–water partition coefficient (Wildman–Crippen LogP) is 0.862. The van der Waals surface area contributed by atoms with Gasteiger partial charge in [0.25, 0.3) is 5.91 Å². The maximum Gasteiger partial charge on any atom is 0.254 e. The quantitative estimate of drug-likeness (QED) is 0.837. The van der Waals surface area contributed by atoms with Gasteiger partial charge in [-0.3, -0.25) is 9.78 Å². The second-order valence-corrected chi connectivity index (χ2v) is 3.88. The molecule has 17 heavy (non-hydrogen) atoms. The van der Waals surface area contributed by atoms with Gasteiger partial charge < -0.3 is 10.1 Å². The Hall–Kier alpha value is -1.93. The Morgan fingerprint density at radius 1 is 1.71 bits per heavy atom. The summed E-state index contributed by atoms with van der Waals surface area (Å²) >= 11 is 0. The Balaban J connectivity index is 1.97. The standard InChI is InChI=1S/C12H13N3O2/c13-6-9-3-4-14-8-11(9)12(16)15-7-10-2-1-5-17-10/h3-4,8,10H,1-2,5,7H2,(H,15,16). The number of aromatic nitrogens is 1. The second-order valence-electron chi connectivity index (χ2n) is 3.88. The predicted molar refractivity (Wildman–Crippen MR) is 60.3 cm³/mol. The van der Waals surface area contributed by atoms with Gasteiger partial charge >= 0.3 is 0 Å². The van der Waals surface area contributed by atoms with Gasteiger partial charge in [0, 0.05) is 25.5 Å². The van der Waals surface area contributed by atoms with Crippen LogP contribution < -0.4 is 5.32 Å². The summed E-state index contributed by atoms with van der Waals surface area (Å²) in [6, 6.07) is 3.50. The van der Waals surface area contributed by atoms with Crippen LogP contribution in [0.15, 0.2) is 18.5 Å². The highest BCUT2D eigenvalue weighted by Crippen LogP contribution is 2.11. The van der Waals surface area contributed by atoms with E-state index in [0.717, 1.165) is 19.4 Å². The smallest absolute Gasteiger partial charge is 0.254 e. The van der Waals surface area contributed by atoms with E-state index < -0.39 is 0 Å². The van der Waals surface area contributed by atoms with Gasteiger partial charge in [-0.2, -0.15) is 5.26 Å². The first-order chi connectivity index (χ1) is 8.31. The molecule has 1 N–H and O–H groups in total. The number of nitrogens with zero attached hydrogens (tertiary/aromatic N) is 2. The number of rotatable bonds is 3. The third-order valence-corrected chi connectivity index (χ3v) is 2.70. The fourth-order valence-corrected chi connectivity index (χ4v) is 1.78. The molecule has 88 valence electrons. The van der Waals surface area contributed by atoms with Crippen molar-refractivity contribution in [2.45, 2.75) is 18.9 Å².